The van der Waals surface area contributed by atoms with E-state index in [9.17, 15) is 9.59 Å². The lowest BCUT2D eigenvalue weighted by Gasteiger charge is -2.14. The van der Waals surface area contributed by atoms with Crippen molar-refractivity contribution in [1.82, 2.24) is 9.88 Å². The topological polar surface area (TPSA) is 77.2 Å². The number of carbonyl (C=O) groups excluding carboxylic acids is 2. The van der Waals surface area contributed by atoms with Crippen molar-refractivity contribution in [3.63, 3.8) is 0 Å². The predicted molar refractivity (Wildman–Crippen MR) is 115 cm³/mol. The van der Waals surface area contributed by atoms with Gasteiger partial charge in [-0.05, 0) is 37.6 Å². The number of aromatic nitrogens is 1. The normalized spacial score (nSPS) is 14.7. The number of rotatable bonds is 4. The third kappa shape index (κ3) is 3.27. The SMILES string of the molecule is Cc1[nH]c(C(=O)N(C)C)c(C)c1C1Nc2ccc(C(=O)c3ccccc3)cc2N1. The molecule has 4 rings (SSSR count). The number of fused-ring (bicyclic) bond motifs is 1. The van der Waals surface area contributed by atoms with Crippen LogP contribution < -0.4 is 10.6 Å². The highest BCUT2D eigenvalue weighted by Crippen LogP contribution is 2.38. The van der Waals surface area contributed by atoms with Crippen molar-refractivity contribution < 1.29 is 9.59 Å². The first-order valence-corrected chi connectivity index (χ1v) is 9.54. The standard InChI is InChI=1S/C23H24N4O2/c1-13-19(14(2)24-20(13)23(29)27(3)4)22-25-17-11-10-16(12-18(17)26-22)21(28)15-8-6-5-7-9-15/h5-12,22,24-26H,1-4H3. The summed E-state index contributed by atoms with van der Waals surface area (Å²) in [5, 5.41) is 6.90. The van der Waals surface area contributed by atoms with Gasteiger partial charge in [0.25, 0.3) is 5.91 Å². The van der Waals surface area contributed by atoms with E-state index in [2.05, 4.69) is 15.6 Å². The van der Waals surface area contributed by atoms with E-state index >= 15 is 0 Å². The molecule has 2 heterocycles. The number of ketones is 1. The van der Waals surface area contributed by atoms with Crippen LogP contribution in [0.25, 0.3) is 0 Å². The molecule has 0 fully saturated rings. The number of anilines is 2. The van der Waals surface area contributed by atoms with Gasteiger partial charge < -0.3 is 20.5 Å². The maximum atomic E-state index is 12.8. The largest absolute Gasteiger partial charge is 0.360 e. The molecule has 0 saturated heterocycles. The van der Waals surface area contributed by atoms with Gasteiger partial charge >= 0.3 is 0 Å². The van der Waals surface area contributed by atoms with E-state index in [1.54, 1.807) is 19.0 Å². The molecule has 1 aromatic heterocycles. The van der Waals surface area contributed by atoms with Gasteiger partial charge in [0.15, 0.2) is 5.78 Å². The number of H-pyrrole nitrogens is 1. The van der Waals surface area contributed by atoms with Crippen LogP contribution in [0.15, 0.2) is 48.5 Å². The molecule has 6 heteroatoms. The van der Waals surface area contributed by atoms with Crippen LogP contribution in [-0.2, 0) is 0 Å². The average Bonchev–Trinajstić information content (AvgIpc) is 3.26. The Hall–Kier alpha value is -3.54. The quantitative estimate of drug-likeness (QED) is 0.588. The van der Waals surface area contributed by atoms with Crippen molar-refractivity contribution >= 4 is 23.1 Å². The second-order valence-electron chi connectivity index (χ2n) is 7.54. The maximum Gasteiger partial charge on any atom is 0.270 e. The van der Waals surface area contributed by atoms with E-state index in [-0.39, 0.29) is 17.9 Å². The highest BCUT2D eigenvalue weighted by Gasteiger charge is 2.28. The molecule has 2 aromatic carbocycles. The number of hydrogen-bond donors (Lipinski definition) is 3. The van der Waals surface area contributed by atoms with E-state index in [1.807, 2.05) is 62.4 Å². The number of carbonyl (C=O) groups is 2. The minimum Gasteiger partial charge on any atom is -0.360 e. The molecule has 29 heavy (non-hydrogen) atoms. The first kappa shape index (κ1) is 18.8. The minimum atomic E-state index is -0.174. The molecule has 0 aliphatic carbocycles. The Labute approximate surface area is 169 Å². The van der Waals surface area contributed by atoms with E-state index in [4.69, 9.17) is 0 Å². The minimum absolute atomic E-state index is 0.00785. The molecule has 0 bridgehead atoms. The first-order chi connectivity index (χ1) is 13.9. The summed E-state index contributed by atoms with van der Waals surface area (Å²) in [6.45, 7) is 3.91. The Bertz CT molecular complexity index is 1100. The van der Waals surface area contributed by atoms with Crippen molar-refractivity contribution in [3.8, 4) is 0 Å². The average molecular weight is 388 g/mol. The lowest BCUT2D eigenvalue weighted by atomic mass is 10.0. The van der Waals surface area contributed by atoms with Gasteiger partial charge in [0, 0.05) is 36.5 Å². The number of aromatic amines is 1. The van der Waals surface area contributed by atoms with Gasteiger partial charge in [-0.1, -0.05) is 30.3 Å². The smallest absolute Gasteiger partial charge is 0.270 e. The van der Waals surface area contributed by atoms with E-state index in [0.717, 1.165) is 28.2 Å². The zero-order valence-corrected chi connectivity index (χ0v) is 17.0. The second-order valence-corrected chi connectivity index (χ2v) is 7.54. The summed E-state index contributed by atoms with van der Waals surface area (Å²) < 4.78 is 0. The van der Waals surface area contributed by atoms with E-state index in [1.165, 1.54) is 0 Å². The van der Waals surface area contributed by atoms with Gasteiger partial charge in [0.2, 0.25) is 0 Å². The van der Waals surface area contributed by atoms with Crippen LogP contribution in [0.4, 0.5) is 11.4 Å². The summed E-state index contributed by atoms with van der Waals surface area (Å²) in [5.41, 5.74) is 6.57. The van der Waals surface area contributed by atoms with Crippen molar-refractivity contribution in [2.45, 2.75) is 20.0 Å². The highest BCUT2D eigenvalue weighted by molar-refractivity contribution is 6.10. The number of hydrogen-bond acceptors (Lipinski definition) is 4. The summed E-state index contributed by atoms with van der Waals surface area (Å²) in [6.07, 6.45) is -0.174. The van der Waals surface area contributed by atoms with Crippen molar-refractivity contribution in [2.75, 3.05) is 24.7 Å². The predicted octanol–water partition coefficient (Wildman–Crippen LogP) is 4.10. The third-order valence-electron chi connectivity index (χ3n) is 5.32. The fourth-order valence-electron chi connectivity index (χ4n) is 3.81. The number of aryl methyl sites for hydroxylation is 1. The molecule has 6 nitrogen and oxygen atoms in total. The summed E-state index contributed by atoms with van der Waals surface area (Å²) in [7, 11) is 3.48. The van der Waals surface area contributed by atoms with Crippen molar-refractivity contribution in [3.05, 3.63) is 82.2 Å². The molecule has 1 atom stereocenters. The molecule has 0 saturated carbocycles. The molecule has 0 radical (unpaired) electrons. The molecular weight excluding hydrogens is 364 g/mol. The number of nitrogens with one attached hydrogen (secondary N) is 3. The van der Waals surface area contributed by atoms with Gasteiger partial charge in [-0.15, -0.1) is 0 Å². The van der Waals surface area contributed by atoms with Crippen LogP contribution in [0.1, 0.15) is 49.4 Å². The monoisotopic (exact) mass is 388 g/mol. The summed E-state index contributed by atoms with van der Waals surface area (Å²) in [5.74, 6) is -0.0605. The Morgan fingerprint density at radius 2 is 1.59 bits per heavy atom. The second kappa shape index (κ2) is 7.13. The maximum absolute atomic E-state index is 12.8. The molecular formula is C23H24N4O2. The molecule has 3 N–H and O–H groups in total. The Kier molecular flexibility index (Phi) is 4.62. The van der Waals surface area contributed by atoms with Crippen LogP contribution >= 0.6 is 0 Å². The fourth-order valence-corrected chi connectivity index (χ4v) is 3.81. The molecule has 0 spiro atoms. The van der Waals surface area contributed by atoms with Gasteiger partial charge in [-0.2, -0.15) is 0 Å². The lowest BCUT2D eigenvalue weighted by molar-refractivity contribution is 0.0821. The van der Waals surface area contributed by atoms with Crippen LogP contribution in [0, 0.1) is 13.8 Å². The Morgan fingerprint density at radius 1 is 0.897 bits per heavy atom. The van der Waals surface area contributed by atoms with E-state index in [0.29, 0.717) is 16.8 Å². The number of benzene rings is 2. The first-order valence-electron chi connectivity index (χ1n) is 9.54. The lowest BCUT2D eigenvalue weighted by Crippen LogP contribution is -2.23. The number of amides is 1. The zero-order valence-electron chi connectivity index (χ0n) is 17.0. The summed E-state index contributed by atoms with van der Waals surface area (Å²) in [4.78, 5) is 30.0. The van der Waals surface area contributed by atoms with Crippen LogP contribution in [0.2, 0.25) is 0 Å². The van der Waals surface area contributed by atoms with Gasteiger partial charge in [0.1, 0.15) is 11.9 Å². The van der Waals surface area contributed by atoms with Crippen molar-refractivity contribution in [2.24, 2.45) is 0 Å². The molecule has 3 aromatic rings. The molecule has 1 aliphatic heterocycles. The summed E-state index contributed by atoms with van der Waals surface area (Å²) >= 11 is 0. The van der Waals surface area contributed by atoms with Gasteiger partial charge in [-0.25, -0.2) is 0 Å². The molecule has 1 amide bonds. The van der Waals surface area contributed by atoms with Crippen LogP contribution in [0.3, 0.4) is 0 Å². The zero-order chi connectivity index (χ0) is 20.7. The van der Waals surface area contributed by atoms with Crippen LogP contribution in [-0.4, -0.2) is 35.7 Å². The Balaban J connectivity index is 1.62. The number of nitrogens with zero attached hydrogens (tertiary/aromatic N) is 1. The van der Waals surface area contributed by atoms with Gasteiger partial charge in [-0.3, -0.25) is 9.59 Å². The highest BCUT2D eigenvalue weighted by atomic mass is 16.2. The third-order valence-corrected chi connectivity index (χ3v) is 5.32. The fraction of sp³-hybridized carbons (Fsp3) is 0.217. The molecule has 1 aliphatic rings. The van der Waals surface area contributed by atoms with Crippen molar-refractivity contribution in [1.29, 1.82) is 0 Å². The summed E-state index contributed by atoms with van der Waals surface area (Å²) in [6, 6.07) is 14.9. The van der Waals surface area contributed by atoms with Crippen LogP contribution in [0.5, 0.6) is 0 Å². The van der Waals surface area contributed by atoms with E-state index < -0.39 is 0 Å². The van der Waals surface area contributed by atoms with Gasteiger partial charge in [0.05, 0.1) is 11.4 Å². The molecule has 1 unspecified atom stereocenters. The Morgan fingerprint density at radius 3 is 2.28 bits per heavy atom. The molecule has 148 valence electrons.